The van der Waals surface area contributed by atoms with Crippen LogP contribution in [0.1, 0.15) is 27.0 Å². The fourth-order valence-electron chi connectivity index (χ4n) is 2.86. The Morgan fingerprint density at radius 2 is 1.48 bits per heavy atom. The number of carbonyl (C=O) groups is 1. The van der Waals surface area contributed by atoms with Gasteiger partial charge in [-0.05, 0) is 28.8 Å². The highest BCUT2D eigenvalue weighted by Crippen LogP contribution is 2.10. The molecule has 3 N–H and O–H groups in total. The normalized spacial score (nSPS) is 14.0. The second kappa shape index (κ2) is 12.0. The van der Waals surface area contributed by atoms with Crippen molar-refractivity contribution in [3.8, 4) is 0 Å². The largest absolute Gasteiger partial charge is 0.379 e. The maximum atomic E-state index is 12.2. The molecule has 1 fully saturated rings. The summed E-state index contributed by atoms with van der Waals surface area (Å²) in [4.78, 5) is 14.6. The molecule has 148 valence electrons. The van der Waals surface area contributed by atoms with E-state index in [1.54, 1.807) is 0 Å². The number of rotatable bonds is 6. The van der Waals surface area contributed by atoms with Gasteiger partial charge in [0.1, 0.15) is 0 Å². The average Bonchev–Trinajstić information content (AvgIpc) is 2.68. The predicted octanol–water partition coefficient (Wildman–Crippen LogP) is 2.75. The highest BCUT2D eigenvalue weighted by atomic mass is 35.5. The minimum absolute atomic E-state index is 0. The molecule has 1 amide bonds. The third-order valence-electron chi connectivity index (χ3n) is 4.44. The number of carbonyl (C=O) groups excluding carboxylic acids is 1. The molecule has 2 aromatic carbocycles. The smallest absolute Gasteiger partial charge is 0.251 e. The van der Waals surface area contributed by atoms with Gasteiger partial charge in [0.25, 0.3) is 5.91 Å². The molecule has 2 aromatic rings. The molecule has 0 radical (unpaired) electrons. The lowest BCUT2D eigenvalue weighted by Crippen LogP contribution is -2.35. The van der Waals surface area contributed by atoms with E-state index in [2.05, 4.69) is 34.5 Å². The summed E-state index contributed by atoms with van der Waals surface area (Å²) in [5.41, 5.74) is 9.63. The lowest BCUT2D eigenvalue weighted by atomic mass is 10.1. The van der Waals surface area contributed by atoms with Gasteiger partial charge in [-0.3, -0.25) is 9.69 Å². The first-order valence-corrected chi connectivity index (χ1v) is 8.70. The number of benzene rings is 2. The molecule has 0 bridgehead atoms. The molecule has 0 spiro atoms. The van der Waals surface area contributed by atoms with Crippen molar-refractivity contribution in [3.05, 3.63) is 70.8 Å². The zero-order valence-corrected chi connectivity index (χ0v) is 16.9. The Morgan fingerprint density at radius 1 is 0.926 bits per heavy atom. The molecular weight excluding hydrogens is 385 g/mol. The van der Waals surface area contributed by atoms with Crippen molar-refractivity contribution in [3.63, 3.8) is 0 Å². The fourth-order valence-corrected chi connectivity index (χ4v) is 2.86. The van der Waals surface area contributed by atoms with E-state index in [1.807, 2.05) is 24.3 Å². The van der Waals surface area contributed by atoms with Gasteiger partial charge < -0.3 is 15.8 Å². The Hall–Kier alpha value is -1.63. The van der Waals surface area contributed by atoms with Crippen molar-refractivity contribution in [2.75, 3.05) is 26.3 Å². The van der Waals surface area contributed by atoms with Crippen LogP contribution in [0.3, 0.4) is 0 Å². The summed E-state index contributed by atoms with van der Waals surface area (Å²) in [7, 11) is 0. The van der Waals surface area contributed by atoms with Gasteiger partial charge in [0.2, 0.25) is 0 Å². The summed E-state index contributed by atoms with van der Waals surface area (Å²) in [6, 6.07) is 15.8. The van der Waals surface area contributed by atoms with Crippen molar-refractivity contribution in [1.29, 1.82) is 0 Å². The Balaban J connectivity index is 0.00000182. The van der Waals surface area contributed by atoms with Crippen LogP contribution in [0, 0.1) is 0 Å². The first kappa shape index (κ1) is 23.4. The third-order valence-corrected chi connectivity index (χ3v) is 4.44. The molecule has 0 atom stereocenters. The second-order valence-corrected chi connectivity index (χ2v) is 6.29. The number of hydrogen-bond acceptors (Lipinski definition) is 4. The minimum Gasteiger partial charge on any atom is -0.379 e. The number of nitrogens with two attached hydrogens (primary N) is 1. The van der Waals surface area contributed by atoms with Crippen LogP contribution in [0.4, 0.5) is 0 Å². The van der Waals surface area contributed by atoms with Crippen LogP contribution in [-0.4, -0.2) is 37.1 Å². The molecule has 1 aliphatic heterocycles. The molecular formula is C20H27Cl2N3O2. The summed E-state index contributed by atoms with van der Waals surface area (Å²) in [6.07, 6.45) is 0. The van der Waals surface area contributed by atoms with Crippen LogP contribution in [0.15, 0.2) is 48.5 Å². The number of amides is 1. The van der Waals surface area contributed by atoms with E-state index in [0.717, 1.165) is 44.0 Å². The molecule has 0 aliphatic carbocycles. The maximum absolute atomic E-state index is 12.2. The van der Waals surface area contributed by atoms with Crippen LogP contribution in [0.2, 0.25) is 0 Å². The van der Waals surface area contributed by atoms with Gasteiger partial charge in [0.15, 0.2) is 0 Å². The Kier molecular flexibility index (Phi) is 10.4. The van der Waals surface area contributed by atoms with Crippen molar-refractivity contribution in [1.82, 2.24) is 10.2 Å². The van der Waals surface area contributed by atoms with Gasteiger partial charge in [-0.1, -0.05) is 36.4 Å². The Bertz CT molecular complexity index is 687. The lowest BCUT2D eigenvalue weighted by Gasteiger charge is -2.26. The summed E-state index contributed by atoms with van der Waals surface area (Å²) in [6.45, 7) is 5.56. The van der Waals surface area contributed by atoms with Crippen LogP contribution >= 0.6 is 24.8 Å². The molecule has 7 heteroatoms. The molecule has 27 heavy (non-hydrogen) atoms. The number of nitrogens with zero attached hydrogens (tertiary/aromatic N) is 1. The number of morpholine rings is 1. The first-order chi connectivity index (χ1) is 12.2. The molecule has 1 aliphatic rings. The standard InChI is InChI=1S/C20H25N3O2.2ClH/c21-13-16-5-7-19(8-6-16)20(24)22-14-17-1-3-18(4-2-17)15-23-9-11-25-12-10-23;;/h1-8H,9-15,21H2,(H,22,24);2*1H. The molecule has 5 nitrogen and oxygen atoms in total. The Labute approximate surface area is 173 Å². The van der Waals surface area contributed by atoms with E-state index in [0.29, 0.717) is 18.7 Å². The van der Waals surface area contributed by atoms with E-state index in [4.69, 9.17) is 10.5 Å². The minimum atomic E-state index is -0.0686. The van der Waals surface area contributed by atoms with Crippen LogP contribution in [0.5, 0.6) is 0 Å². The molecule has 1 saturated heterocycles. The van der Waals surface area contributed by atoms with Gasteiger partial charge in [0.05, 0.1) is 13.2 Å². The van der Waals surface area contributed by atoms with E-state index in [-0.39, 0.29) is 30.7 Å². The highest BCUT2D eigenvalue weighted by Gasteiger charge is 2.10. The molecule has 0 aromatic heterocycles. The summed E-state index contributed by atoms with van der Waals surface area (Å²) in [5, 5.41) is 2.96. The van der Waals surface area contributed by atoms with Gasteiger partial charge in [-0.2, -0.15) is 0 Å². The third kappa shape index (κ3) is 7.13. The van der Waals surface area contributed by atoms with E-state index in [9.17, 15) is 4.79 Å². The number of halogens is 2. The summed E-state index contributed by atoms with van der Waals surface area (Å²) >= 11 is 0. The van der Waals surface area contributed by atoms with Crippen molar-refractivity contribution in [2.24, 2.45) is 5.73 Å². The van der Waals surface area contributed by atoms with Gasteiger partial charge in [-0.25, -0.2) is 0 Å². The predicted molar refractivity (Wildman–Crippen MR) is 113 cm³/mol. The van der Waals surface area contributed by atoms with E-state index in [1.165, 1.54) is 5.56 Å². The first-order valence-electron chi connectivity index (χ1n) is 8.70. The van der Waals surface area contributed by atoms with Crippen molar-refractivity contribution < 1.29 is 9.53 Å². The van der Waals surface area contributed by atoms with E-state index >= 15 is 0 Å². The SMILES string of the molecule is Cl.Cl.NCc1ccc(C(=O)NCc2ccc(CN3CCOCC3)cc2)cc1. The Morgan fingerprint density at radius 3 is 2.07 bits per heavy atom. The maximum Gasteiger partial charge on any atom is 0.251 e. The van der Waals surface area contributed by atoms with Crippen molar-refractivity contribution in [2.45, 2.75) is 19.6 Å². The second-order valence-electron chi connectivity index (χ2n) is 6.29. The molecule has 3 rings (SSSR count). The van der Waals surface area contributed by atoms with Crippen molar-refractivity contribution >= 4 is 30.7 Å². The van der Waals surface area contributed by atoms with Crippen LogP contribution < -0.4 is 11.1 Å². The lowest BCUT2D eigenvalue weighted by molar-refractivity contribution is 0.0342. The number of nitrogens with one attached hydrogen (secondary N) is 1. The van der Waals surface area contributed by atoms with E-state index < -0.39 is 0 Å². The average molecular weight is 412 g/mol. The van der Waals surface area contributed by atoms with Crippen LogP contribution in [-0.2, 0) is 24.4 Å². The molecule has 0 saturated carbocycles. The van der Waals surface area contributed by atoms with Gasteiger partial charge in [0, 0.05) is 38.3 Å². The zero-order valence-electron chi connectivity index (χ0n) is 15.2. The summed E-state index contributed by atoms with van der Waals surface area (Å²) < 4.78 is 5.37. The fraction of sp³-hybridized carbons (Fsp3) is 0.350. The van der Waals surface area contributed by atoms with Gasteiger partial charge >= 0.3 is 0 Å². The zero-order chi connectivity index (χ0) is 17.5. The van der Waals surface area contributed by atoms with Gasteiger partial charge in [-0.15, -0.1) is 24.8 Å². The summed E-state index contributed by atoms with van der Waals surface area (Å²) in [5.74, 6) is -0.0686. The molecule has 1 heterocycles. The molecule has 0 unspecified atom stereocenters. The highest BCUT2D eigenvalue weighted by molar-refractivity contribution is 5.94. The topological polar surface area (TPSA) is 67.6 Å². The number of ether oxygens (including phenoxy) is 1. The number of hydrogen-bond donors (Lipinski definition) is 2. The monoisotopic (exact) mass is 411 g/mol. The van der Waals surface area contributed by atoms with Crippen LogP contribution in [0.25, 0.3) is 0 Å². The quantitative estimate of drug-likeness (QED) is 0.766.